The molecule has 1 fully saturated rings. The molecule has 2 heterocycles. The molecule has 3 rings (SSSR count). The molecule has 0 saturated carbocycles. The molecule has 0 unspecified atom stereocenters. The number of para-hydroxylation sites is 2. The molecule has 0 aliphatic carbocycles. The van der Waals surface area contributed by atoms with Crippen LogP contribution in [0.2, 0.25) is 0 Å². The highest BCUT2D eigenvalue weighted by atomic mass is 19.4. The number of aromatic nitrogens is 2. The number of rotatable bonds is 3. The number of carbonyl (C=O) groups is 1. The van der Waals surface area contributed by atoms with Gasteiger partial charge in [0, 0.05) is 13.5 Å². The number of carbonyl (C=O) groups excluding carboxylic acids is 1. The molecule has 140 valence electrons. The topological polar surface area (TPSA) is 89.7 Å². The summed E-state index contributed by atoms with van der Waals surface area (Å²) in [6.07, 6.45) is -5.44. The smallest absolute Gasteiger partial charge is 0.404 e. The van der Waals surface area contributed by atoms with Crippen molar-refractivity contribution in [3.05, 3.63) is 36.0 Å². The van der Waals surface area contributed by atoms with Crippen molar-refractivity contribution in [1.29, 1.82) is 0 Å². The Morgan fingerprint density at radius 1 is 1.38 bits per heavy atom. The van der Waals surface area contributed by atoms with E-state index in [-0.39, 0.29) is 25.4 Å². The highest BCUT2D eigenvalue weighted by Gasteiger charge is 2.33. The molecule has 2 amide bonds. The maximum absolute atomic E-state index is 12.5. The summed E-state index contributed by atoms with van der Waals surface area (Å²) in [7, 11) is 0. The van der Waals surface area contributed by atoms with E-state index in [1.54, 1.807) is 6.92 Å². The van der Waals surface area contributed by atoms with Crippen LogP contribution in [0.15, 0.2) is 28.8 Å². The van der Waals surface area contributed by atoms with Crippen LogP contribution in [0.1, 0.15) is 17.8 Å². The molecule has 0 radical (unpaired) electrons. The van der Waals surface area contributed by atoms with Gasteiger partial charge in [-0.15, -0.1) is 13.2 Å². The Morgan fingerprint density at radius 2 is 2.15 bits per heavy atom. The zero-order valence-electron chi connectivity index (χ0n) is 13.6. The summed E-state index contributed by atoms with van der Waals surface area (Å²) in [5.74, 6) is 0.177. The van der Waals surface area contributed by atoms with E-state index in [4.69, 9.17) is 9.26 Å². The van der Waals surface area contributed by atoms with E-state index in [0.29, 0.717) is 11.7 Å². The number of amides is 2. The molecule has 1 N–H and O–H groups in total. The third kappa shape index (κ3) is 4.42. The van der Waals surface area contributed by atoms with Gasteiger partial charge in [-0.3, -0.25) is 0 Å². The Bertz CT molecular complexity index is 780. The SMILES string of the molecule is Cc1nc([C@H]2CN(C(=O)Nc3ccccc3OC(F)(F)F)CCO2)no1. The molecule has 1 saturated heterocycles. The van der Waals surface area contributed by atoms with Crippen molar-refractivity contribution in [3.63, 3.8) is 0 Å². The van der Waals surface area contributed by atoms with Gasteiger partial charge < -0.3 is 24.2 Å². The van der Waals surface area contributed by atoms with Gasteiger partial charge in [0.15, 0.2) is 5.75 Å². The predicted octanol–water partition coefficient (Wildman–Crippen LogP) is 2.88. The first-order valence-corrected chi connectivity index (χ1v) is 7.64. The minimum absolute atomic E-state index is 0.0896. The molecule has 1 atom stereocenters. The van der Waals surface area contributed by atoms with Gasteiger partial charge >= 0.3 is 12.4 Å². The van der Waals surface area contributed by atoms with E-state index in [9.17, 15) is 18.0 Å². The fraction of sp³-hybridized carbons (Fsp3) is 0.400. The zero-order chi connectivity index (χ0) is 18.7. The Balaban J connectivity index is 1.68. The average molecular weight is 372 g/mol. The van der Waals surface area contributed by atoms with E-state index in [1.165, 1.54) is 23.1 Å². The van der Waals surface area contributed by atoms with Crippen molar-refractivity contribution in [3.8, 4) is 5.75 Å². The van der Waals surface area contributed by atoms with Gasteiger partial charge in [0.1, 0.15) is 6.10 Å². The number of halogens is 3. The van der Waals surface area contributed by atoms with Crippen LogP contribution in [-0.4, -0.2) is 47.1 Å². The number of hydrogen-bond donors (Lipinski definition) is 1. The largest absolute Gasteiger partial charge is 0.573 e. The first-order valence-electron chi connectivity index (χ1n) is 7.64. The number of alkyl halides is 3. The van der Waals surface area contributed by atoms with Crippen molar-refractivity contribution in [2.45, 2.75) is 19.4 Å². The second kappa shape index (κ2) is 7.20. The Labute approximate surface area is 145 Å². The Kier molecular flexibility index (Phi) is 4.98. The van der Waals surface area contributed by atoms with Crippen LogP contribution in [-0.2, 0) is 4.74 Å². The van der Waals surface area contributed by atoms with Crippen LogP contribution in [0.5, 0.6) is 5.75 Å². The fourth-order valence-electron chi connectivity index (χ4n) is 2.41. The first kappa shape index (κ1) is 18.0. The van der Waals surface area contributed by atoms with Crippen LogP contribution in [0.3, 0.4) is 0 Å². The van der Waals surface area contributed by atoms with E-state index in [0.717, 1.165) is 6.07 Å². The van der Waals surface area contributed by atoms with Crippen molar-refractivity contribution in [2.75, 3.05) is 25.0 Å². The van der Waals surface area contributed by atoms with Crippen LogP contribution in [0.25, 0.3) is 0 Å². The first-order chi connectivity index (χ1) is 12.3. The molecule has 1 aliphatic heterocycles. The minimum Gasteiger partial charge on any atom is -0.404 e. The van der Waals surface area contributed by atoms with Crippen LogP contribution in [0.4, 0.5) is 23.7 Å². The minimum atomic E-state index is -4.86. The Hall–Kier alpha value is -2.82. The molecule has 1 aliphatic rings. The summed E-state index contributed by atoms with van der Waals surface area (Å²) in [6, 6.07) is 4.72. The third-order valence-electron chi connectivity index (χ3n) is 3.54. The lowest BCUT2D eigenvalue weighted by Gasteiger charge is -2.31. The molecule has 1 aromatic heterocycles. The van der Waals surface area contributed by atoms with Gasteiger partial charge in [-0.25, -0.2) is 4.79 Å². The highest BCUT2D eigenvalue weighted by molar-refractivity contribution is 5.91. The molecule has 2 aromatic rings. The number of urea groups is 1. The predicted molar refractivity (Wildman–Crippen MR) is 81.4 cm³/mol. The van der Waals surface area contributed by atoms with Crippen LogP contribution >= 0.6 is 0 Å². The lowest BCUT2D eigenvalue weighted by atomic mass is 10.2. The maximum Gasteiger partial charge on any atom is 0.573 e. The van der Waals surface area contributed by atoms with Gasteiger partial charge in [0.25, 0.3) is 0 Å². The maximum atomic E-state index is 12.5. The van der Waals surface area contributed by atoms with Crippen molar-refractivity contribution in [2.24, 2.45) is 0 Å². The van der Waals surface area contributed by atoms with Crippen molar-refractivity contribution < 1.29 is 32.0 Å². The van der Waals surface area contributed by atoms with Gasteiger partial charge in [0.05, 0.1) is 18.8 Å². The molecule has 11 heteroatoms. The monoisotopic (exact) mass is 372 g/mol. The quantitative estimate of drug-likeness (QED) is 0.891. The van der Waals surface area contributed by atoms with E-state index >= 15 is 0 Å². The highest BCUT2D eigenvalue weighted by Crippen LogP contribution is 2.30. The van der Waals surface area contributed by atoms with Gasteiger partial charge in [-0.05, 0) is 12.1 Å². The molecule has 0 bridgehead atoms. The van der Waals surface area contributed by atoms with Gasteiger partial charge in [-0.2, -0.15) is 4.98 Å². The number of aryl methyl sites for hydroxylation is 1. The number of benzene rings is 1. The Morgan fingerprint density at radius 3 is 2.85 bits per heavy atom. The summed E-state index contributed by atoms with van der Waals surface area (Å²) < 4.78 is 51.7. The van der Waals surface area contributed by atoms with E-state index in [1.807, 2.05) is 0 Å². The molecular formula is C15H15F3N4O4. The molecule has 0 spiro atoms. The number of anilines is 1. The summed E-state index contributed by atoms with van der Waals surface area (Å²) in [5, 5.41) is 6.18. The molecule has 26 heavy (non-hydrogen) atoms. The summed E-state index contributed by atoms with van der Waals surface area (Å²) in [6.45, 7) is 2.25. The molecular weight excluding hydrogens is 357 g/mol. The second-order valence-electron chi connectivity index (χ2n) is 5.45. The van der Waals surface area contributed by atoms with Crippen molar-refractivity contribution >= 4 is 11.7 Å². The summed E-state index contributed by atoms with van der Waals surface area (Å²) >= 11 is 0. The second-order valence-corrected chi connectivity index (χ2v) is 5.45. The van der Waals surface area contributed by atoms with Gasteiger partial charge in [-0.1, -0.05) is 17.3 Å². The number of ether oxygens (including phenoxy) is 2. The van der Waals surface area contributed by atoms with Crippen LogP contribution in [0, 0.1) is 6.92 Å². The normalized spacial score (nSPS) is 17.8. The van der Waals surface area contributed by atoms with Crippen LogP contribution < -0.4 is 10.1 Å². The summed E-state index contributed by atoms with van der Waals surface area (Å²) in [4.78, 5) is 17.9. The number of nitrogens with zero attached hydrogens (tertiary/aromatic N) is 3. The zero-order valence-corrected chi connectivity index (χ0v) is 13.6. The number of morpholine rings is 1. The average Bonchev–Trinajstić information content (AvgIpc) is 3.02. The summed E-state index contributed by atoms with van der Waals surface area (Å²) in [5.41, 5.74) is -0.0896. The van der Waals surface area contributed by atoms with E-state index < -0.39 is 24.2 Å². The van der Waals surface area contributed by atoms with Gasteiger partial charge in [0.2, 0.25) is 11.7 Å². The lowest BCUT2D eigenvalue weighted by molar-refractivity contribution is -0.274. The van der Waals surface area contributed by atoms with E-state index in [2.05, 4.69) is 20.2 Å². The fourth-order valence-corrected chi connectivity index (χ4v) is 2.41. The molecule has 1 aromatic carbocycles. The third-order valence-corrected chi connectivity index (χ3v) is 3.54. The lowest BCUT2D eigenvalue weighted by Crippen LogP contribution is -2.44. The molecule has 8 nitrogen and oxygen atoms in total. The standard InChI is InChI=1S/C15H15F3N4O4/c1-9-19-13(21-26-9)12-8-22(6-7-24-12)14(23)20-10-4-2-3-5-11(10)25-15(16,17)18/h2-5,12H,6-8H2,1H3,(H,20,23)/t12-/m1/s1. The number of hydrogen-bond acceptors (Lipinski definition) is 6. The van der Waals surface area contributed by atoms with Crippen molar-refractivity contribution in [1.82, 2.24) is 15.0 Å². The number of nitrogens with one attached hydrogen (secondary N) is 1.